The number of hydrogen-bond acceptors (Lipinski definition) is 3. The summed E-state index contributed by atoms with van der Waals surface area (Å²) in [7, 11) is 1.68. The number of rotatable bonds is 3. The molecule has 0 unspecified atom stereocenters. The second-order valence-corrected chi connectivity index (χ2v) is 6.68. The van der Waals surface area contributed by atoms with E-state index in [4.69, 9.17) is 4.74 Å². The lowest BCUT2D eigenvalue weighted by Crippen LogP contribution is -2.31. The molecule has 3 rings (SSSR count). The molecule has 1 aliphatic heterocycles. The van der Waals surface area contributed by atoms with Crippen molar-refractivity contribution in [3.63, 3.8) is 0 Å². The van der Waals surface area contributed by atoms with Crippen LogP contribution in [0.15, 0.2) is 59.5 Å². The molecule has 0 saturated heterocycles. The van der Waals surface area contributed by atoms with Gasteiger partial charge in [0.05, 0.1) is 7.11 Å². The molecule has 1 aromatic rings. The smallest absolute Gasteiger partial charge is 0.122 e. The first-order chi connectivity index (χ1) is 10.5. The largest absolute Gasteiger partial charge is 0.508 e. The van der Waals surface area contributed by atoms with Gasteiger partial charge >= 0.3 is 0 Å². The van der Waals surface area contributed by atoms with Crippen LogP contribution < -0.4 is 4.74 Å². The summed E-state index contributed by atoms with van der Waals surface area (Å²) in [5.41, 5.74) is 3.59. The van der Waals surface area contributed by atoms with Crippen LogP contribution in [0.25, 0.3) is 0 Å². The predicted octanol–water partition coefficient (Wildman–Crippen LogP) is 4.19. The molecule has 1 heterocycles. The molecule has 1 aromatic carbocycles. The number of allylic oxidation sites excluding steroid dienone is 3. The van der Waals surface area contributed by atoms with Gasteiger partial charge < -0.3 is 14.7 Å². The summed E-state index contributed by atoms with van der Waals surface area (Å²) in [5.74, 6) is 1.29. The fraction of sp³-hybridized carbons (Fsp3) is 0.368. The average Bonchev–Trinajstić information content (AvgIpc) is 2.50. The third kappa shape index (κ3) is 2.89. The zero-order valence-corrected chi connectivity index (χ0v) is 13.5. The van der Waals surface area contributed by atoms with Gasteiger partial charge in [0.2, 0.25) is 0 Å². The lowest BCUT2D eigenvalue weighted by atomic mass is 9.80. The van der Waals surface area contributed by atoms with Crippen molar-refractivity contribution in [2.24, 2.45) is 5.41 Å². The minimum Gasteiger partial charge on any atom is -0.508 e. The zero-order valence-electron chi connectivity index (χ0n) is 13.5. The quantitative estimate of drug-likeness (QED) is 0.908. The minimum absolute atomic E-state index is 0.134. The Morgan fingerprint density at radius 1 is 1.23 bits per heavy atom. The van der Waals surface area contributed by atoms with E-state index in [0.717, 1.165) is 30.8 Å². The normalized spacial score (nSPS) is 19.8. The summed E-state index contributed by atoms with van der Waals surface area (Å²) in [6, 6.07) is 8.18. The van der Waals surface area contributed by atoms with Gasteiger partial charge in [-0.25, -0.2) is 0 Å². The van der Waals surface area contributed by atoms with Crippen LogP contribution in [0.2, 0.25) is 0 Å². The molecule has 22 heavy (non-hydrogen) atoms. The van der Waals surface area contributed by atoms with Crippen LogP contribution in [-0.4, -0.2) is 23.7 Å². The average molecular weight is 297 g/mol. The van der Waals surface area contributed by atoms with E-state index < -0.39 is 0 Å². The van der Waals surface area contributed by atoms with Gasteiger partial charge in [-0.15, -0.1) is 0 Å². The fourth-order valence-corrected chi connectivity index (χ4v) is 3.03. The number of hydrogen-bond donors (Lipinski definition) is 1. The Morgan fingerprint density at radius 3 is 2.64 bits per heavy atom. The Morgan fingerprint density at radius 2 is 1.95 bits per heavy atom. The second kappa shape index (κ2) is 5.56. The maximum absolute atomic E-state index is 10.1. The molecule has 0 bridgehead atoms. The number of aliphatic hydroxyl groups excluding tert-OH is 1. The van der Waals surface area contributed by atoms with Crippen molar-refractivity contribution in [3.8, 4) is 5.75 Å². The van der Waals surface area contributed by atoms with Crippen LogP contribution in [0.3, 0.4) is 0 Å². The molecule has 0 fully saturated rings. The molecule has 0 saturated carbocycles. The van der Waals surface area contributed by atoms with Gasteiger partial charge in [-0.1, -0.05) is 38.1 Å². The van der Waals surface area contributed by atoms with Crippen LogP contribution >= 0.6 is 0 Å². The molecule has 1 aliphatic carbocycles. The van der Waals surface area contributed by atoms with Crippen LogP contribution in [0.5, 0.6) is 5.75 Å². The van der Waals surface area contributed by atoms with Gasteiger partial charge in [0.1, 0.15) is 11.5 Å². The van der Waals surface area contributed by atoms with E-state index in [1.165, 1.54) is 11.3 Å². The molecular weight excluding hydrogens is 274 g/mol. The van der Waals surface area contributed by atoms with Crippen LogP contribution in [-0.2, 0) is 6.54 Å². The van der Waals surface area contributed by atoms with Crippen LogP contribution in [0.1, 0.15) is 25.8 Å². The molecule has 0 radical (unpaired) electrons. The highest BCUT2D eigenvalue weighted by Crippen LogP contribution is 2.39. The highest BCUT2D eigenvalue weighted by molar-refractivity contribution is 5.45. The number of methoxy groups -OCH3 is 1. The van der Waals surface area contributed by atoms with E-state index in [-0.39, 0.29) is 5.41 Å². The van der Waals surface area contributed by atoms with E-state index in [9.17, 15) is 5.11 Å². The third-order valence-electron chi connectivity index (χ3n) is 4.33. The van der Waals surface area contributed by atoms with Gasteiger partial charge in [-0.05, 0) is 35.6 Å². The molecule has 116 valence electrons. The van der Waals surface area contributed by atoms with Crippen LogP contribution in [0.4, 0.5) is 0 Å². The van der Waals surface area contributed by atoms with Gasteiger partial charge in [-0.3, -0.25) is 0 Å². The summed E-state index contributed by atoms with van der Waals surface area (Å²) in [6.07, 6.45) is 7.09. The standard InChI is InChI=1S/C19H23NO2/c1-19(2)10-8-16-17(12-19)20(11-9-18(16)21)13-14-4-6-15(22-3)7-5-14/h4-10,21H,11-13H2,1-3H3. The van der Waals surface area contributed by atoms with Crippen molar-refractivity contribution >= 4 is 0 Å². The molecule has 0 aromatic heterocycles. The van der Waals surface area contributed by atoms with Crippen molar-refractivity contribution in [1.82, 2.24) is 4.90 Å². The summed E-state index contributed by atoms with van der Waals surface area (Å²) in [6.45, 7) is 6.06. The van der Waals surface area contributed by atoms with Crippen molar-refractivity contribution in [2.45, 2.75) is 26.8 Å². The second-order valence-electron chi connectivity index (χ2n) is 6.68. The maximum atomic E-state index is 10.1. The number of benzene rings is 1. The lowest BCUT2D eigenvalue weighted by Gasteiger charge is -2.37. The monoisotopic (exact) mass is 297 g/mol. The first kappa shape index (κ1) is 14.8. The van der Waals surface area contributed by atoms with Gasteiger partial charge in [0.15, 0.2) is 0 Å². The summed E-state index contributed by atoms with van der Waals surface area (Å²) >= 11 is 0. The minimum atomic E-state index is 0.134. The van der Waals surface area contributed by atoms with Crippen molar-refractivity contribution in [3.05, 3.63) is 65.1 Å². The van der Waals surface area contributed by atoms with Gasteiger partial charge in [0.25, 0.3) is 0 Å². The number of ether oxygens (including phenoxy) is 1. The Bertz CT molecular complexity index is 651. The molecule has 3 heteroatoms. The van der Waals surface area contributed by atoms with E-state index in [0.29, 0.717) is 5.76 Å². The Balaban J connectivity index is 1.84. The van der Waals surface area contributed by atoms with E-state index in [1.807, 2.05) is 18.2 Å². The highest BCUT2D eigenvalue weighted by atomic mass is 16.5. The van der Waals surface area contributed by atoms with E-state index >= 15 is 0 Å². The van der Waals surface area contributed by atoms with Crippen molar-refractivity contribution in [2.75, 3.05) is 13.7 Å². The maximum Gasteiger partial charge on any atom is 0.122 e. The molecule has 0 atom stereocenters. The Kier molecular flexibility index (Phi) is 3.73. The topological polar surface area (TPSA) is 32.7 Å². The number of aliphatic hydroxyl groups is 1. The molecule has 0 spiro atoms. The molecule has 0 amide bonds. The zero-order chi connectivity index (χ0) is 15.7. The third-order valence-corrected chi connectivity index (χ3v) is 4.33. The van der Waals surface area contributed by atoms with E-state index in [1.54, 1.807) is 7.11 Å². The van der Waals surface area contributed by atoms with Gasteiger partial charge in [-0.2, -0.15) is 0 Å². The number of nitrogens with zero attached hydrogens (tertiary/aromatic N) is 1. The molecule has 2 aliphatic rings. The van der Waals surface area contributed by atoms with Crippen molar-refractivity contribution in [1.29, 1.82) is 0 Å². The highest BCUT2D eigenvalue weighted by Gasteiger charge is 2.29. The first-order valence-corrected chi connectivity index (χ1v) is 7.68. The fourth-order valence-electron chi connectivity index (χ4n) is 3.03. The predicted molar refractivity (Wildman–Crippen MR) is 88.7 cm³/mol. The SMILES string of the molecule is COc1ccc(CN2CC=C(O)C3=C2CC(C)(C)C=C3)cc1. The van der Waals surface area contributed by atoms with Crippen molar-refractivity contribution < 1.29 is 9.84 Å². The lowest BCUT2D eigenvalue weighted by molar-refractivity contribution is 0.291. The Hall–Kier alpha value is -2.16. The summed E-state index contributed by atoms with van der Waals surface area (Å²) in [4.78, 5) is 2.35. The molecule has 1 N–H and O–H groups in total. The first-order valence-electron chi connectivity index (χ1n) is 7.68. The summed E-state index contributed by atoms with van der Waals surface area (Å²) < 4.78 is 5.21. The van der Waals surface area contributed by atoms with Crippen LogP contribution in [0, 0.1) is 5.41 Å². The molecular formula is C19H23NO2. The summed E-state index contributed by atoms with van der Waals surface area (Å²) in [5, 5.41) is 10.1. The van der Waals surface area contributed by atoms with Gasteiger partial charge in [0, 0.05) is 24.4 Å². The molecule has 3 nitrogen and oxygen atoms in total. The Labute approximate surface area is 132 Å². The van der Waals surface area contributed by atoms with E-state index in [2.05, 4.69) is 43.0 Å².